The van der Waals surface area contributed by atoms with E-state index in [1.54, 1.807) is 11.7 Å². The molecule has 0 saturated carbocycles. The minimum absolute atomic E-state index is 0.149. The molecule has 8 nitrogen and oxygen atoms in total. The fraction of sp³-hybridized carbons (Fsp3) is 0.440. The topological polar surface area (TPSA) is 81.0 Å². The molecule has 0 unspecified atom stereocenters. The molecule has 33 heavy (non-hydrogen) atoms. The zero-order chi connectivity index (χ0) is 22.6. The van der Waals surface area contributed by atoms with Crippen molar-refractivity contribution in [3.05, 3.63) is 58.5 Å². The Morgan fingerprint density at radius 2 is 1.85 bits per heavy atom. The maximum Gasteiger partial charge on any atom is 0.269 e. The van der Waals surface area contributed by atoms with Gasteiger partial charge in [0, 0.05) is 24.9 Å². The summed E-state index contributed by atoms with van der Waals surface area (Å²) in [7, 11) is 1.61. The van der Waals surface area contributed by atoms with Gasteiger partial charge >= 0.3 is 0 Å². The van der Waals surface area contributed by atoms with Crippen LogP contribution in [0.25, 0.3) is 11.0 Å². The van der Waals surface area contributed by atoms with Crippen LogP contribution in [0.3, 0.4) is 0 Å². The molecule has 0 amide bonds. The van der Waals surface area contributed by atoms with Gasteiger partial charge in [0.2, 0.25) is 0 Å². The van der Waals surface area contributed by atoms with Gasteiger partial charge in [-0.3, -0.25) is 4.79 Å². The Labute approximate surface area is 192 Å². The van der Waals surface area contributed by atoms with Crippen LogP contribution >= 0.6 is 0 Å². The quantitative estimate of drug-likeness (QED) is 0.545. The molecule has 2 aliphatic heterocycles. The number of fused-ring (bicyclic) bond motifs is 2. The average Bonchev–Trinajstić information content (AvgIpc) is 2.87. The van der Waals surface area contributed by atoms with Gasteiger partial charge in [0.25, 0.3) is 5.56 Å². The van der Waals surface area contributed by atoms with E-state index < -0.39 is 0 Å². The number of hydrogen-bond acceptors (Lipinski definition) is 7. The van der Waals surface area contributed by atoms with Crippen LogP contribution in [0.4, 0.5) is 0 Å². The van der Waals surface area contributed by atoms with Crippen molar-refractivity contribution in [3.63, 3.8) is 0 Å². The van der Waals surface area contributed by atoms with Crippen LogP contribution in [-0.2, 0) is 22.4 Å². The Morgan fingerprint density at radius 3 is 2.67 bits per heavy atom. The summed E-state index contributed by atoms with van der Waals surface area (Å²) < 4.78 is 30.2. The molecule has 174 valence electrons. The summed E-state index contributed by atoms with van der Waals surface area (Å²) in [4.78, 5) is 16.7. The van der Waals surface area contributed by atoms with Gasteiger partial charge in [-0.2, -0.15) is 0 Å². The maximum absolute atomic E-state index is 12.4. The number of benzene rings is 2. The van der Waals surface area contributed by atoms with Gasteiger partial charge in [-0.1, -0.05) is 6.07 Å². The van der Waals surface area contributed by atoms with Crippen molar-refractivity contribution in [3.8, 4) is 17.2 Å². The van der Waals surface area contributed by atoms with E-state index in [-0.39, 0.29) is 11.8 Å². The second-order valence-corrected chi connectivity index (χ2v) is 8.37. The summed E-state index contributed by atoms with van der Waals surface area (Å²) in [6, 6.07) is 11.7. The van der Waals surface area contributed by atoms with Crippen molar-refractivity contribution in [2.75, 3.05) is 33.5 Å². The standard InChI is InChI=1S/C25H28N2O6/c1-29-19-5-6-20-21(13-19)27(24(28)14-26-20)9-8-25-32-15-18(16-33-25)3-2-17-4-7-22-23(12-17)31-11-10-30-22/h4-7,12-14,18,25H,2-3,8-11,15-16H2,1H3. The summed E-state index contributed by atoms with van der Waals surface area (Å²) in [5.41, 5.74) is 2.57. The zero-order valence-electron chi connectivity index (χ0n) is 18.7. The normalized spacial score (nSPS) is 20.0. The second-order valence-electron chi connectivity index (χ2n) is 8.37. The predicted molar refractivity (Wildman–Crippen MR) is 122 cm³/mol. The van der Waals surface area contributed by atoms with E-state index in [1.165, 1.54) is 11.8 Å². The van der Waals surface area contributed by atoms with Crippen LogP contribution in [0.5, 0.6) is 17.2 Å². The summed E-state index contributed by atoms with van der Waals surface area (Å²) in [5.74, 6) is 2.67. The Kier molecular flexibility index (Phi) is 6.46. The highest BCUT2D eigenvalue weighted by atomic mass is 16.7. The molecule has 0 radical (unpaired) electrons. The smallest absolute Gasteiger partial charge is 0.269 e. The molecule has 0 N–H and O–H groups in total. The van der Waals surface area contributed by atoms with Gasteiger partial charge in [0.1, 0.15) is 19.0 Å². The van der Waals surface area contributed by atoms with E-state index in [1.807, 2.05) is 24.3 Å². The fourth-order valence-corrected chi connectivity index (χ4v) is 4.26. The number of nitrogens with zero attached hydrogens (tertiary/aromatic N) is 2. The summed E-state index contributed by atoms with van der Waals surface area (Å²) >= 11 is 0. The van der Waals surface area contributed by atoms with Crippen LogP contribution in [0, 0.1) is 5.92 Å². The lowest BCUT2D eigenvalue weighted by molar-refractivity contribution is -0.204. The number of methoxy groups -OCH3 is 1. The molecule has 0 spiro atoms. The summed E-state index contributed by atoms with van der Waals surface area (Å²) in [6.45, 7) is 2.98. The molecule has 2 aromatic carbocycles. The fourth-order valence-electron chi connectivity index (χ4n) is 4.26. The van der Waals surface area contributed by atoms with Gasteiger partial charge in [0.15, 0.2) is 17.8 Å². The molecule has 5 rings (SSSR count). The van der Waals surface area contributed by atoms with Crippen molar-refractivity contribution in [1.29, 1.82) is 0 Å². The van der Waals surface area contributed by atoms with Crippen molar-refractivity contribution < 1.29 is 23.7 Å². The Morgan fingerprint density at radius 1 is 1.03 bits per heavy atom. The molecule has 3 heterocycles. The molecule has 8 heteroatoms. The molecule has 1 fully saturated rings. The number of aryl methyl sites for hydroxylation is 2. The van der Waals surface area contributed by atoms with E-state index in [2.05, 4.69) is 17.1 Å². The summed E-state index contributed by atoms with van der Waals surface area (Å²) in [5, 5.41) is 0. The number of hydrogen-bond donors (Lipinski definition) is 0. The summed E-state index contributed by atoms with van der Waals surface area (Å²) in [6.07, 6.45) is 3.52. The monoisotopic (exact) mass is 452 g/mol. The third-order valence-corrected chi connectivity index (χ3v) is 6.13. The molecule has 2 aliphatic rings. The number of ether oxygens (including phenoxy) is 5. The van der Waals surface area contributed by atoms with Gasteiger partial charge in [-0.05, 0) is 42.7 Å². The highest BCUT2D eigenvalue weighted by Crippen LogP contribution is 2.31. The van der Waals surface area contributed by atoms with Crippen LogP contribution < -0.4 is 19.8 Å². The number of rotatable bonds is 7. The lowest BCUT2D eigenvalue weighted by Crippen LogP contribution is -2.34. The van der Waals surface area contributed by atoms with E-state index in [0.29, 0.717) is 51.1 Å². The van der Waals surface area contributed by atoms with Gasteiger partial charge in [-0.15, -0.1) is 0 Å². The minimum atomic E-state index is -0.323. The molecule has 1 aromatic heterocycles. The third kappa shape index (κ3) is 4.96. The van der Waals surface area contributed by atoms with E-state index in [0.717, 1.165) is 35.4 Å². The van der Waals surface area contributed by atoms with E-state index >= 15 is 0 Å². The number of aromatic nitrogens is 2. The van der Waals surface area contributed by atoms with Gasteiger partial charge in [-0.25, -0.2) is 4.98 Å². The van der Waals surface area contributed by atoms with Crippen LogP contribution in [0.1, 0.15) is 18.4 Å². The van der Waals surface area contributed by atoms with Crippen LogP contribution in [0.2, 0.25) is 0 Å². The highest BCUT2D eigenvalue weighted by molar-refractivity contribution is 5.76. The first kappa shape index (κ1) is 21.7. The molecular weight excluding hydrogens is 424 g/mol. The molecule has 0 bridgehead atoms. The molecule has 3 aromatic rings. The second kappa shape index (κ2) is 9.80. The van der Waals surface area contributed by atoms with Crippen molar-refractivity contribution in [2.45, 2.75) is 32.1 Å². The first-order valence-electron chi connectivity index (χ1n) is 11.3. The van der Waals surface area contributed by atoms with Crippen LogP contribution in [0.15, 0.2) is 47.4 Å². The van der Waals surface area contributed by atoms with Gasteiger partial charge < -0.3 is 28.3 Å². The maximum atomic E-state index is 12.4. The largest absolute Gasteiger partial charge is 0.497 e. The zero-order valence-corrected chi connectivity index (χ0v) is 18.7. The predicted octanol–water partition coefficient (Wildman–Crippen LogP) is 3.19. The lowest BCUT2D eigenvalue weighted by atomic mass is 10.00. The van der Waals surface area contributed by atoms with E-state index in [4.69, 9.17) is 23.7 Å². The van der Waals surface area contributed by atoms with E-state index in [9.17, 15) is 4.79 Å². The molecule has 0 atom stereocenters. The van der Waals surface area contributed by atoms with Crippen LogP contribution in [-0.4, -0.2) is 49.4 Å². The SMILES string of the molecule is COc1ccc2ncc(=O)n(CCC3OCC(CCc4ccc5c(c4)OCCO5)CO3)c2c1. The van der Waals surface area contributed by atoms with Crippen molar-refractivity contribution in [2.24, 2.45) is 5.92 Å². The highest BCUT2D eigenvalue weighted by Gasteiger charge is 2.23. The Hall–Kier alpha value is -3.10. The van der Waals surface area contributed by atoms with Gasteiger partial charge in [0.05, 0.1) is 37.6 Å². The average molecular weight is 453 g/mol. The molecule has 1 saturated heterocycles. The Balaban J connectivity index is 1.13. The Bertz CT molecular complexity index is 1170. The third-order valence-electron chi connectivity index (χ3n) is 6.13. The lowest BCUT2D eigenvalue weighted by Gasteiger charge is -2.29. The minimum Gasteiger partial charge on any atom is -0.497 e. The van der Waals surface area contributed by atoms with Crippen molar-refractivity contribution in [1.82, 2.24) is 9.55 Å². The molecule has 0 aliphatic carbocycles. The molecular formula is C25H28N2O6. The first-order chi connectivity index (χ1) is 16.2. The first-order valence-corrected chi connectivity index (χ1v) is 11.3. The van der Waals surface area contributed by atoms with Crippen molar-refractivity contribution >= 4 is 11.0 Å².